The lowest BCUT2D eigenvalue weighted by atomic mass is 9.88. The van der Waals surface area contributed by atoms with Crippen molar-refractivity contribution in [2.24, 2.45) is 0 Å². The van der Waals surface area contributed by atoms with Crippen LogP contribution < -0.4 is 4.43 Å². The van der Waals surface area contributed by atoms with Gasteiger partial charge in [0.2, 0.25) is 8.32 Å². The molecule has 138 valence electrons. The molecule has 0 aliphatic heterocycles. The third-order valence-electron chi connectivity index (χ3n) is 6.00. The lowest BCUT2D eigenvalue weighted by Crippen LogP contribution is -2.43. The minimum Gasteiger partial charge on any atom is -0.544 e. The van der Waals surface area contributed by atoms with Crippen molar-refractivity contribution < 1.29 is 9.22 Å². The fourth-order valence-corrected chi connectivity index (χ4v) is 4.36. The molecule has 0 bridgehead atoms. The highest BCUT2D eigenvalue weighted by Gasteiger charge is 2.39. The van der Waals surface area contributed by atoms with E-state index in [1.54, 1.807) is 0 Å². The highest BCUT2D eigenvalue weighted by molar-refractivity contribution is 6.74. The molecule has 1 unspecified atom stereocenters. The van der Waals surface area contributed by atoms with E-state index in [0.717, 1.165) is 36.1 Å². The standard InChI is InChI=1S/C23H30O2Si/c1-23(2,3)26(4,5)25-19-15-13-18(14-16-19)21-12-8-10-17-9-6-7-11-20(17)22(21)24/h6-7,9,11,13-16,21H,8,10,12H2,1-5H3. The summed E-state index contributed by atoms with van der Waals surface area (Å²) >= 11 is 0. The van der Waals surface area contributed by atoms with Crippen LogP contribution in [0.15, 0.2) is 48.5 Å². The summed E-state index contributed by atoms with van der Waals surface area (Å²) in [6.45, 7) is 11.2. The zero-order valence-electron chi connectivity index (χ0n) is 16.6. The van der Waals surface area contributed by atoms with Crippen LogP contribution in [0.4, 0.5) is 0 Å². The van der Waals surface area contributed by atoms with Gasteiger partial charge in [-0.3, -0.25) is 4.79 Å². The van der Waals surface area contributed by atoms with E-state index in [9.17, 15) is 4.79 Å². The number of carbonyl (C=O) groups is 1. The molecular weight excluding hydrogens is 336 g/mol. The molecule has 0 fully saturated rings. The first-order chi connectivity index (χ1) is 12.2. The molecule has 26 heavy (non-hydrogen) atoms. The Bertz CT molecular complexity index is 785. The summed E-state index contributed by atoms with van der Waals surface area (Å²) in [6.07, 6.45) is 2.95. The Morgan fingerprint density at radius 3 is 2.31 bits per heavy atom. The van der Waals surface area contributed by atoms with Crippen LogP contribution >= 0.6 is 0 Å². The summed E-state index contributed by atoms with van der Waals surface area (Å²) in [4.78, 5) is 13.1. The molecule has 2 aromatic carbocycles. The van der Waals surface area contributed by atoms with Gasteiger partial charge in [-0.15, -0.1) is 0 Å². The number of hydrogen-bond acceptors (Lipinski definition) is 2. The zero-order chi connectivity index (χ0) is 18.9. The minimum absolute atomic E-state index is 0.0411. The number of benzene rings is 2. The van der Waals surface area contributed by atoms with Crippen molar-refractivity contribution in [2.75, 3.05) is 0 Å². The second-order valence-electron chi connectivity index (χ2n) is 8.90. The van der Waals surface area contributed by atoms with Crippen LogP contribution in [0, 0.1) is 0 Å². The summed E-state index contributed by atoms with van der Waals surface area (Å²) in [5.41, 5.74) is 3.20. The molecule has 0 N–H and O–H groups in total. The Balaban J connectivity index is 1.82. The van der Waals surface area contributed by atoms with E-state index in [2.05, 4.69) is 52.1 Å². The predicted octanol–water partition coefficient (Wildman–Crippen LogP) is 6.37. The molecule has 0 saturated carbocycles. The van der Waals surface area contributed by atoms with E-state index in [4.69, 9.17) is 4.43 Å². The average Bonchev–Trinajstić information content (AvgIpc) is 2.74. The average molecular weight is 367 g/mol. The lowest BCUT2D eigenvalue weighted by Gasteiger charge is -2.36. The Morgan fingerprint density at radius 1 is 1.00 bits per heavy atom. The smallest absolute Gasteiger partial charge is 0.250 e. The quantitative estimate of drug-likeness (QED) is 0.466. The highest BCUT2D eigenvalue weighted by Crippen LogP contribution is 2.38. The third-order valence-corrected chi connectivity index (χ3v) is 10.4. The summed E-state index contributed by atoms with van der Waals surface area (Å²) in [5, 5.41) is 0.173. The first-order valence-electron chi connectivity index (χ1n) is 9.60. The Labute approximate surface area is 158 Å². The van der Waals surface area contributed by atoms with Crippen molar-refractivity contribution in [3.05, 3.63) is 65.2 Å². The van der Waals surface area contributed by atoms with Gasteiger partial charge in [-0.25, -0.2) is 0 Å². The van der Waals surface area contributed by atoms with E-state index in [1.165, 1.54) is 5.56 Å². The lowest BCUT2D eigenvalue weighted by molar-refractivity contribution is 0.0957. The van der Waals surface area contributed by atoms with Crippen LogP contribution in [0.1, 0.15) is 61.0 Å². The maximum atomic E-state index is 13.1. The van der Waals surface area contributed by atoms with E-state index in [1.807, 2.05) is 30.3 Å². The molecule has 1 atom stereocenters. The number of aryl methyl sites for hydroxylation is 1. The molecule has 3 rings (SSSR count). The molecule has 0 radical (unpaired) electrons. The summed E-state index contributed by atoms with van der Waals surface area (Å²) in [5.74, 6) is 1.14. The fourth-order valence-electron chi connectivity index (χ4n) is 3.33. The molecule has 3 heteroatoms. The van der Waals surface area contributed by atoms with Crippen LogP contribution in [0.2, 0.25) is 18.1 Å². The van der Waals surface area contributed by atoms with Gasteiger partial charge in [0, 0.05) is 11.5 Å². The first-order valence-corrected chi connectivity index (χ1v) is 12.5. The van der Waals surface area contributed by atoms with Gasteiger partial charge in [0.1, 0.15) is 5.75 Å². The molecule has 1 aliphatic rings. The van der Waals surface area contributed by atoms with Gasteiger partial charge in [0.05, 0.1) is 0 Å². The molecule has 0 heterocycles. The molecule has 2 nitrogen and oxygen atoms in total. The molecule has 2 aromatic rings. The number of ketones is 1. The first kappa shape index (κ1) is 18.9. The molecule has 0 amide bonds. The van der Waals surface area contributed by atoms with Gasteiger partial charge >= 0.3 is 0 Å². The van der Waals surface area contributed by atoms with Crippen molar-refractivity contribution in [1.82, 2.24) is 0 Å². The molecule has 0 saturated heterocycles. The fraction of sp³-hybridized carbons (Fsp3) is 0.435. The minimum atomic E-state index is -1.84. The van der Waals surface area contributed by atoms with Crippen molar-refractivity contribution in [3.8, 4) is 5.75 Å². The maximum Gasteiger partial charge on any atom is 0.250 e. The van der Waals surface area contributed by atoms with Crippen LogP contribution in [-0.2, 0) is 6.42 Å². The Kier molecular flexibility index (Phi) is 5.11. The van der Waals surface area contributed by atoms with Gasteiger partial charge in [0.25, 0.3) is 0 Å². The van der Waals surface area contributed by atoms with Gasteiger partial charge in [-0.2, -0.15) is 0 Å². The van der Waals surface area contributed by atoms with Crippen molar-refractivity contribution in [2.45, 2.75) is 64.1 Å². The van der Waals surface area contributed by atoms with Crippen molar-refractivity contribution in [3.63, 3.8) is 0 Å². The van der Waals surface area contributed by atoms with Crippen LogP contribution in [0.3, 0.4) is 0 Å². The SMILES string of the molecule is CC(C)(C)[Si](C)(C)Oc1ccc(C2CCCc3ccccc3C2=O)cc1. The maximum absolute atomic E-state index is 13.1. The van der Waals surface area contributed by atoms with Gasteiger partial charge in [-0.1, -0.05) is 57.2 Å². The topological polar surface area (TPSA) is 26.3 Å². The number of Topliss-reactive ketones (excluding diaryl/α,β-unsaturated/α-hetero) is 1. The second-order valence-corrected chi connectivity index (χ2v) is 13.6. The monoisotopic (exact) mass is 366 g/mol. The largest absolute Gasteiger partial charge is 0.544 e. The number of carbonyl (C=O) groups excluding carboxylic acids is 1. The number of hydrogen-bond donors (Lipinski definition) is 0. The van der Waals surface area contributed by atoms with Gasteiger partial charge in [-0.05, 0) is 60.7 Å². The normalized spacial score (nSPS) is 18.2. The zero-order valence-corrected chi connectivity index (χ0v) is 17.6. The molecule has 0 spiro atoms. The summed E-state index contributed by atoms with van der Waals surface area (Å²) in [6, 6.07) is 16.3. The Morgan fingerprint density at radius 2 is 1.65 bits per heavy atom. The molecule has 1 aliphatic carbocycles. The predicted molar refractivity (Wildman–Crippen MR) is 111 cm³/mol. The van der Waals surface area contributed by atoms with E-state index < -0.39 is 8.32 Å². The molecule has 0 aromatic heterocycles. The van der Waals surface area contributed by atoms with Gasteiger partial charge < -0.3 is 4.43 Å². The second kappa shape index (κ2) is 7.03. The van der Waals surface area contributed by atoms with Crippen molar-refractivity contribution in [1.29, 1.82) is 0 Å². The van der Waals surface area contributed by atoms with Crippen molar-refractivity contribution >= 4 is 14.1 Å². The number of rotatable bonds is 3. The Hall–Kier alpha value is -1.87. The van der Waals surface area contributed by atoms with Gasteiger partial charge in [0.15, 0.2) is 5.78 Å². The van der Waals surface area contributed by atoms with Crippen LogP contribution in [0.25, 0.3) is 0 Å². The highest BCUT2D eigenvalue weighted by atomic mass is 28.4. The summed E-state index contributed by atoms with van der Waals surface area (Å²) < 4.78 is 6.37. The third kappa shape index (κ3) is 3.78. The van der Waals surface area contributed by atoms with Crippen LogP contribution in [-0.4, -0.2) is 14.1 Å². The van der Waals surface area contributed by atoms with E-state index in [0.29, 0.717) is 0 Å². The molecular formula is C23H30O2Si. The van der Waals surface area contributed by atoms with Crippen LogP contribution in [0.5, 0.6) is 5.75 Å². The number of fused-ring (bicyclic) bond motifs is 1. The summed E-state index contributed by atoms with van der Waals surface area (Å²) in [7, 11) is -1.84. The van der Waals surface area contributed by atoms with E-state index in [-0.39, 0.29) is 16.7 Å². The van der Waals surface area contributed by atoms with E-state index >= 15 is 0 Å².